The van der Waals surface area contributed by atoms with Gasteiger partial charge in [0, 0.05) is 20.1 Å². The van der Waals surface area contributed by atoms with Crippen LogP contribution in [0.4, 0.5) is 0 Å². The molecule has 19 heavy (non-hydrogen) atoms. The third-order valence-corrected chi connectivity index (χ3v) is 4.65. The Bertz CT molecular complexity index is 396. The Kier molecular flexibility index (Phi) is 6.54. The number of nitrogens with zero attached hydrogens (tertiary/aromatic N) is 2. The van der Waals surface area contributed by atoms with Crippen LogP contribution in [0.25, 0.3) is 0 Å². The van der Waals surface area contributed by atoms with Crippen molar-refractivity contribution in [1.82, 2.24) is 15.1 Å². The molecule has 1 heterocycles. The van der Waals surface area contributed by atoms with Crippen molar-refractivity contribution in [3.05, 3.63) is 15.9 Å². The molecule has 1 aromatic rings. The molecule has 1 N–H and O–H groups in total. The van der Waals surface area contributed by atoms with E-state index in [1.165, 1.54) is 31.4 Å². The fourth-order valence-corrected chi connectivity index (χ4v) is 2.81. The van der Waals surface area contributed by atoms with Crippen LogP contribution in [0.2, 0.25) is 0 Å². The van der Waals surface area contributed by atoms with Crippen molar-refractivity contribution in [3.8, 4) is 0 Å². The van der Waals surface area contributed by atoms with Gasteiger partial charge in [-0.15, -0.1) is 0 Å². The Labute approximate surface area is 126 Å². The van der Waals surface area contributed by atoms with Crippen LogP contribution in [0.5, 0.6) is 0 Å². The predicted molar refractivity (Wildman–Crippen MR) is 85.3 cm³/mol. The lowest BCUT2D eigenvalue weighted by atomic mass is 9.87. The van der Waals surface area contributed by atoms with Gasteiger partial charge in [-0.25, -0.2) is 0 Å². The van der Waals surface area contributed by atoms with Gasteiger partial charge in [0.05, 0.1) is 15.9 Å². The van der Waals surface area contributed by atoms with Crippen LogP contribution >= 0.6 is 15.9 Å². The highest BCUT2D eigenvalue weighted by Gasteiger charge is 2.17. The van der Waals surface area contributed by atoms with Crippen LogP contribution < -0.4 is 5.32 Å². The summed E-state index contributed by atoms with van der Waals surface area (Å²) in [6.45, 7) is 10.9. The van der Waals surface area contributed by atoms with E-state index in [9.17, 15) is 0 Å². The van der Waals surface area contributed by atoms with Crippen molar-refractivity contribution in [1.29, 1.82) is 0 Å². The van der Waals surface area contributed by atoms with Gasteiger partial charge in [-0.2, -0.15) is 5.10 Å². The fourth-order valence-electron chi connectivity index (χ4n) is 2.33. The Balaban J connectivity index is 2.40. The molecule has 0 atom stereocenters. The molecule has 0 aliphatic carbocycles. The molecule has 1 aromatic heterocycles. The lowest BCUT2D eigenvalue weighted by Gasteiger charge is -2.25. The maximum absolute atomic E-state index is 4.42. The Morgan fingerprint density at radius 1 is 1.32 bits per heavy atom. The Morgan fingerprint density at radius 2 is 2.00 bits per heavy atom. The second kappa shape index (κ2) is 7.44. The van der Waals surface area contributed by atoms with Gasteiger partial charge < -0.3 is 5.32 Å². The van der Waals surface area contributed by atoms with Gasteiger partial charge in [0.25, 0.3) is 0 Å². The minimum atomic E-state index is 0.370. The van der Waals surface area contributed by atoms with E-state index in [2.05, 4.69) is 47.1 Å². The average Bonchev–Trinajstić information content (AvgIpc) is 2.55. The summed E-state index contributed by atoms with van der Waals surface area (Å²) in [5.41, 5.74) is 2.65. The zero-order valence-electron chi connectivity index (χ0n) is 13.0. The topological polar surface area (TPSA) is 29.9 Å². The van der Waals surface area contributed by atoms with Crippen molar-refractivity contribution in [2.75, 3.05) is 6.54 Å². The van der Waals surface area contributed by atoms with Crippen molar-refractivity contribution >= 4 is 15.9 Å². The first-order valence-electron chi connectivity index (χ1n) is 7.26. The van der Waals surface area contributed by atoms with E-state index >= 15 is 0 Å². The standard InChI is InChI=1S/C15H28BrN3/c1-6-7-8-9-15(3,4)11-17-10-13-14(16)12(2)18-19(13)5/h17H,6-11H2,1-5H3. The van der Waals surface area contributed by atoms with Crippen LogP contribution in [-0.4, -0.2) is 16.3 Å². The summed E-state index contributed by atoms with van der Waals surface area (Å²) in [4.78, 5) is 0. The largest absolute Gasteiger partial charge is 0.311 e. The SMILES string of the molecule is CCCCCC(C)(C)CNCc1c(Br)c(C)nn1C. The van der Waals surface area contributed by atoms with Crippen molar-refractivity contribution in [2.45, 2.75) is 59.9 Å². The van der Waals surface area contributed by atoms with Gasteiger partial charge in [0.2, 0.25) is 0 Å². The smallest absolute Gasteiger partial charge is 0.0739 e. The quantitative estimate of drug-likeness (QED) is 0.725. The molecule has 0 unspecified atom stereocenters. The molecule has 0 aromatic carbocycles. The molecule has 0 radical (unpaired) electrons. The molecule has 3 nitrogen and oxygen atoms in total. The summed E-state index contributed by atoms with van der Waals surface area (Å²) in [6.07, 6.45) is 5.26. The highest BCUT2D eigenvalue weighted by molar-refractivity contribution is 9.10. The molecule has 0 aliphatic rings. The van der Waals surface area contributed by atoms with Gasteiger partial charge in [-0.05, 0) is 34.7 Å². The maximum Gasteiger partial charge on any atom is 0.0739 e. The first-order valence-corrected chi connectivity index (χ1v) is 8.05. The number of hydrogen-bond acceptors (Lipinski definition) is 2. The van der Waals surface area contributed by atoms with E-state index < -0.39 is 0 Å². The third kappa shape index (κ3) is 5.27. The molecule has 0 aliphatic heterocycles. The highest BCUT2D eigenvalue weighted by Crippen LogP contribution is 2.24. The van der Waals surface area contributed by atoms with Crippen LogP contribution in [-0.2, 0) is 13.6 Å². The number of nitrogens with one attached hydrogen (secondary N) is 1. The minimum absolute atomic E-state index is 0.370. The van der Waals surface area contributed by atoms with Crippen molar-refractivity contribution in [2.24, 2.45) is 12.5 Å². The summed E-state index contributed by atoms with van der Waals surface area (Å²) in [5, 5.41) is 7.99. The zero-order chi connectivity index (χ0) is 14.5. The van der Waals surface area contributed by atoms with Crippen LogP contribution in [0.1, 0.15) is 57.8 Å². The minimum Gasteiger partial charge on any atom is -0.311 e. The molecule has 0 spiro atoms. The molecule has 110 valence electrons. The monoisotopic (exact) mass is 329 g/mol. The summed E-state index contributed by atoms with van der Waals surface area (Å²) in [5.74, 6) is 0. The molecule has 4 heteroatoms. The molecular formula is C15H28BrN3. The number of rotatable bonds is 8. The Morgan fingerprint density at radius 3 is 2.53 bits per heavy atom. The summed E-state index contributed by atoms with van der Waals surface area (Å²) >= 11 is 3.61. The number of halogens is 1. The second-order valence-electron chi connectivity index (χ2n) is 6.19. The summed E-state index contributed by atoms with van der Waals surface area (Å²) in [7, 11) is 2.00. The van der Waals surface area contributed by atoms with Gasteiger partial charge in [0.15, 0.2) is 0 Å². The molecule has 0 fully saturated rings. The fraction of sp³-hybridized carbons (Fsp3) is 0.800. The van der Waals surface area contributed by atoms with Crippen LogP contribution in [0, 0.1) is 12.3 Å². The van der Waals surface area contributed by atoms with E-state index in [0.717, 1.165) is 23.3 Å². The van der Waals surface area contributed by atoms with Gasteiger partial charge in [-0.3, -0.25) is 4.68 Å². The molecule has 0 saturated carbocycles. The Hall–Kier alpha value is -0.350. The number of unbranched alkanes of at least 4 members (excludes halogenated alkanes) is 2. The summed E-state index contributed by atoms with van der Waals surface area (Å²) in [6, 6.07) is 0. The van der Waals surface area contributed by atoms with Crippen molar-refractivity contribution in [3.63, 3.8) is 0 Å². The molecule has 0 amide bonds. The first-order chi connectivity index (χ1) is 8.87. The van der Waals surface area contributed by atoms with E-state index in [1.54, 1.807) is 0 Å². The van der Waals surface area contributed by atoms with Crippen LogP contribution in [0.3, 0.4) is 0 Å². The van der Waals surface area contributed by atoms with E-state index in [-0.39, 0.29) is 0 Å². The lowest BCUT2D eigenvalue weighted by Crippen LogP contribution is -2.29. The van der Waals surface area contributed by atoms with Gasteiger partial charge >= 0.3 is 0 Å². The average molecular weight is 330 g/mol. The van der Waals surface area contributed by atoms with E-state index in [1.807, 2.05) is 18.7 Å². The third-order valence-electron chi connectivity index (χ3n) is 3.61. The number of aromatic nitrogens is 2. The molecule has 1 rings (SSSR count). The lowest BCUT2D eigenvalue weighted by molar-refractivity contribution is 0.300. The molecular weight excluding hydrogens is 302 g/mol. The summed E-state index contributed by atoms with van der Waals surface area (Å²) < 4.78 is 3.09. The highest BCUT2D eigenvalue weighted by atomic mass is 79.9. The van der Waals surface area contributed by atoms with Crippen LogP contribution in [0.15, 0.2) is 4.47 Å². The van der Waals surface area contributed by atoms with Gasteiger partial charge in [0.1, 0.15) is 0 Å². The molecule has 0 bridgehead atoms. The number of hydrogen-bond donors (Lipinski definition) is 1. The van der Waals surface area contributed by atoms with E-state index in [0.29, 0.717) is 5.41 Å². The van der Waals surface area contributed by atoms with Gasteiger partial charge in [-0.1, -0.05) is 40.0 Å². The van der Waals surface area contributed by atoms with E-state index in [4.69, 9.17) is 0 Å². The number of aryl methyl sites for hydroxylation is 2. The predicted octanol–water partition coefficient (Wildman–Crippen LogP) is 4.19. The zero-order valence-corrected chi connectivity index (χ0v) is 14.6. The van der Waals surface area contributed by atoms with Crippen molar-refractivity contribution < 1.29 is 0 Å². The first kappa shape index (κ1) is 16.7. The molecule has 0 saturated heterocycles. The maximum atomic E-state index is 4.42. The second-order valence-corrected chi connectivity index (χ2v) is 6.99. The normalized spacial score (nSPS) is 12.1.